The van der Waals surface area contributed by atoms with E-state index >= 15 is 0 Å². The zero-order chi connectivity index (χ0) is 19.9. The number of rotatable bonds is 5. The highest BCUT2D eigenvalue weighted by Crippen LogP contribution is 2.19. The molecule has 0 spiro atoms. The van der Waals surface area contributed by atoms with E-state index in [9.17, 15) is 4.79 Å². The molecule has 0 radical (unpaired) electrons. The lowest BCUT2D eigenvalue weighted by Crippen LogP contribution is -2.50. The maximum Gasteiger partial charge on any atom is 0.234 e. The van der Waals surface area contributed by atoms with E-state index in [1.807, 2.05) is 6.92 Å². The summed E-state index contributed by atoms with van der Waals surface area (Å²) >= 11 is 0. The standard InChI is InChI=1S/C22H37N5O/c1-17(2)22-23-18(3)15-20(25-22)27-13-11-26(12-14-27)16-21(28)24-19-9-7-5-4-6-8-10-19/h15,17,19H,4-14,16H2,1-3H3,(H,24,28). The van der Waals surface area contributed by atoms with Gasteiger partial charge in [-0.1, -0.05) is 46.0 Å². The minimum absolute atomic E-state index is 0.194. The van der Waals surface area contributed by atoms with Crippen LogP contribution in [0.4, 0.5) is 5.82 Å². The van der Waals surface area contributed by atoms with Crippen LogP contribution >= 0.6 is 0 Å². The van der Waals surface area contributed by atoms with Crippen molar-refractivity contribution in [2.75, 3.05) is 37.6 Å². The number of nitrogens with one attached hydrogen (secondary N) is 1. The van der Waals surface area contributed by atoms with Crippen molar-refractivity contribution < 1.29 is 4.79 Å². The average Bonchev–Trinajstić information content (AvgIpc) is 2.64. The number of hydrogen-bond donors (Lipinski definition) is 1. The molecule has 2 aliphatic rings. The normalized spacial score (nSPS) is 20.1. The van der Waals surface area contributed by atoms with Crippen molar-refractivity contribution in [2.45, 2.75) is 77.7 Å². The molecule has 1 saturated carbocycles. The lowest BCUT2D eigenvalue weighted by atomic mass is 9.97. The monoisotopic (exact) mass is 387 g/mol. The van der Waals surface area contributed by atoms with Crippen LogP contribution in [0, 0.1) is 6.92 Å². The van der Waals surface area contributed by atoms with Gasteiger partial charge in [0.25, 0.3) is 0 Å². The number of piperazine rings is 1. The summed E-state index contributed by atoms with van der Waals surface area (Å²) in [6, 6.07) is 2.45. The minimum atomic E-state index is 0.194. The molecule has 0 atom stereocenters. The number of anilines is 1. The Bertz CT molecular complexity index is 632. The van der Waals surface area contributed by atoms with Crippen LogP contribution in [0.5, 0.6) is 0 Å². The maximum atomic E-state index is 12.5. The Kier molecular flexibility index (Phi) is 7.65. The van der Waals surface area contributed by atoms with E-state index in [2.05, 4.69) is 40.0 Å². The van der Waals surface area contributed by atoms with Crippen LogP contribution in [0.3, 0.4) is 0 Å². The second-order valence-electron chi connectivity index (χ2n) is 8.75. The quantitative estimate of drug-likeness (QED) is 0.840. The van der Waals surface area contributed by atoms with Crippen molar-refractivity contribution in [1.82, 2.24) is 20.2 Å². The summed E-state index contributed by atoms with van der Waals surface area (Å²) in [5, 5.41) is 3.29. The summed E-state index contributed by atoms with van der Waals surface area (Å²) in [6.07, 6.45) is 8.77. The first kappa shape index (κ1) is 21.0. The van der Waals surface area contributed by atoms with Crippen LogP contribution in [0.1, 0.15) is 76.2 Å². The molecule has 1 aliphatic carbocycles. The Morgan fingerprint density at radius 2 is 1.71 bits per heavy atom. The van der Waals surface area contributed by atoms with Gasteiger partial charge in [-0.15, -0.1) is 0 Å². The van der Waals surface area contributed by atoms with Gasteiger partial charge in [-0.25, -0.2) is 9.97 Å². The fourth-order valence-corrected chi connectivity index (χ4v) is 4.21. The number of nitrogens with zero attached hydrogens (tertiary/aromatic N) is 4. The van der Waals surface area contributed by atoms with E-state index in [-0.39, 0.29) is 5.91 Å². The SMILES string of the molecule is Cc1cc(N2CCN(CC(=O)NC3CCCCCCC3)CC2)nc(C(C)C)n1. The first-order chi connectivity index (χ1) is 13.5. The first-order valence-electron chi connectivity index (χ1n) is 11.1. The number of aryl methyl sites for hydroxylation is 1. The van der Waals surface area contributed by atoms with Gasteiger partial charge in [0.15, 0.2) is 0 Å². The predicted octanol–water partition coefficient (Wildman–Crippen LogP) is 3.26. The van der Waals surface area contributed by atoms with Crippen LogP contribution in [0.2, 0.25) is 0 Å². The lowest BCUT2D eigenvalue weighted by molar-refractivity contribution is -0.123. The van der Waals surface area contributed by atoms with Crippen LogP contribution in [0.15, 0.2) is 6.07 Å². The van der Waals surface area contributed by atoms with Crippen molar-refractivity contribution in [3.8, 4) is 0 Å². The van der Waals surface area contributed by atoms with Crippen molar-refractivity contribution >= 4 is 11.7 Å². The summed E-state index contributed by atoms with van der Waals surface area (Å²) in [4.78, 5) is 26.4. The highest BCUT2D eigenvalue weighted by molar-refractivity contribution is 5.78. The van der Waals surface area contributed by atoms with E-state index in [0.717, 1.165) is 56.4 Å². The molecular formula is C22H37N5O. The molecule has 1 aromatic heterocycles. The molecule has 28 heavy (non-hydrogen) atoms. The molecule has 6 heteroatoms. The minimum Gasteiger partial charge on any atom is -0.354 e. The topological polar surface area (TPSA) is 61.4 Å². The van der Waals surface area contributed by atoms with Gasteiger partial charge in [0.1, 0.15) is 11.6 Å². The molecule has 156 valence electrons. The van der Waals surface area contributed by atoms with Crippen LogP contribution in [-0.4, -0.2) is 59.5 Å². The molecule has 1 aromatic rings. The lowest BCUT2D eigenvalue weighted by Gasteiger charge is -2.35. The molecule has 6 nitrogen and oxygen atoms in total. The van der Waals surface area contributed by atoms with E-state index in [4.69, 9.17) is 4.98 Å². The number of hydrogen-bond acceptors (Lipinski definition) is 5. The maximum absolute atomic E-state index is 12.5. The van der Waals surface area contributed by atoms with Gasteiger partial charge < -0.3 is 10.2 Å². The summed E-state index contributed by atoms with van der Waals surface area (Å²) in [7, 11) is 0. The Morgan fingerprint density at radius 1 is 1.07 bits per heavy atom. The highest BCUT2D eigenvalue weighted by Gasteiger charge is 2.22. The third-order valence-electron chi connectivity index (χ3n) is 5.91. The van der Waals surface area contributed by atoms with Crippen molar-refractivity contribution in [3.05, 3.63) is 17.6 Å². The molecule has 2 fully saturated rings. The third-order valence-corrected chi connectivity index (χ3v) is 5.91. The van der Waals surface area contributed by atoms with Gasteiger partial charge >= 0.3 is 0 Å². The predicted molar refractivity (Wildman–Crippen MR) is 114 cm³/mol. The molecule has 1 aliphatic heterocycles. The Hall–Kier alpha value is -1.69. The molecule has 1 saturated heterocycles. The smallest absolute Gasteiger partial charge is 0.234 e. The van der Waals surface area contributed by atoms with Crippen molar-refractivity contribution in [1.29, 1.82) is 0 Å². The zero-order valence-corrected chi connectivity index (χ0v) is 17.9. The fourth-order valence-electron chi connectivity index (χ4n) is 4.21. The molecule has 3 rings (SSSR count). The number of carbonyl (C=O) groups excluding carboxylic acids is 1. The second kappa shape index (κ2) is 10.2. The largest absolute Gasteiger partial charge is 0.354 e. The number of carbonyl (C=O) groups is 1. The Labute approximate surface area is 170 Å². The average molecular weight is 388 g/mol. The molecule has 1 N–H and O–H groups in total. The second-order valence-corrected chi connectivity index (χ2v) is 8.75. The van der Waals surface area contributed by atoms with Gasteiger partial charge in [-0.3, -0.25) is 9.69 Å². The third kappa shape index (κ3) is 6.16. The summed E-state index contributed by atoms with van der Waals surface area (Å²) < 4.78 is 0. The number of amides is 1. The van der Waals surface area contributed by atoms with Crippen molar-refractivity contribution in [2.24, 2.45) is 0 Å². The molecule has 0 bridgehead atoms. The first-order valence-corrected chi connectivity index (χ1v) is 11.1. The van der Waals surface area contributed by atoms with E-state index < -0.39 is 0 Å². The summed E-state index contributed by atoms with van der Waals surface area (Å²) in [6.45, 7) is 10.4. The molecule has 0 unspecified atom stereocenters. The van der Waals surface area contributed by atoms with E-state index in [1.54, 1.807) is 0 Å². The van der Waals surface area contributed by atoms with Crippen LogP contribution < -0.4 is 10.2 Å². The molecule has 2 heterocycles. The van der Waals surface area contributed by atoms with Gasteiger partial charge in [0, 0.05) is 49.9 Å². The summed E-state index contributed by atoms with van der Waals surface area (Å²) in [5.74, 6) is 2.46. The van der Waals surface area contributed by atoms with Crippen molar-refractivity contribution in [3.63, 3.8) is 0 Å². The van der Waals surface area contributed by atoms with Crippen LogP contribution in [-0.2, 0) is 4.79 Å². The zero-order valence-electron chi connectivity index (χ0n) is 17.9. The molecule has 1 amide bonds. The molecular weight excluding hydrogens is 350 g/mol. The van der Waals surface area contributed by atoms with E-state index in [1.165, 1.54) is 32.1 Å². The summed E-state index contributed by atoms with van der Waals surface area (Å²) in [5.41, 5.74) is 1.02. The molecule has 0 aromatic carbocycles. The van der Waals surface area contributed by atoms with E-state index in [0.29, 0.717) is 18.5 Å². The van der Waals surface area contributed by atoms with Gasteiger partial charge in [-0.2, -0.15) is 0 Å². The Morgan fingerprint density at radius 3 is 2.36 bits per heavy atom. The Balaban J connectivity index is 1.46. The number of aromatic nitrogens is 2. The van der Waals surface area contributed by atoms with Gasteiger partial charge in [0.2, 0.25) is 5.91 Å². The van der Waals surface area contributed by atoms with Crippen LogP contribution in [0.25, 0.3) is 0 Å². The van der Waals surface area contributed by atoms with Gasteiger partial charge in [-0.05, 0) is 19.8 Å². The highest BCUT2D eigenvalue weighted by atomic mass is 16.2. The fraction of sp³-hybridized carbons (Fsp3) is 0.773. The van der Waals surface area contributed by atoms with Gasteiger partial charge in [0.05, 0.1) is 6.54 Å².